The summed E-state index contributed by atoms with van der Waals surface area (Å²) in [4.78, 5) is 0. The Morgan fingerprint density at radius 3 is 2.13 bits per heavy atom. The van der Waals surface area contributed by atoms with E-state index in [0.29, 0.717) is 26.1 Å². The molecule has 2 fully saturated rings. The molecular weight excluding hydrogens is 190 g/mol. The number of hydrogen-bond acceptors (Lipinski definition) is 3. The molecule has 3 heteroatoms. The lowest BCUT2D eigenvalue weighted by molar-refractivity contribution is -0.134. The molecule has 0 radical (unpaired) electrons. The molecule has 3 nitrogen and oxygen atoms in total. The van der Waals surface area contributed by atoms with Crippen molar-refractivity contribution in [1.82, 2.24) is 0 Å². The van der Waals surface area contributed by atoms with E-state index in [1.165, 1.54) is 6.42 Å². The first-order chi connectivity index (χ1) is 7.22. The fourth-order valence-electron chi connectivity index (χ4n) is 3.02. The molecule has 1 heterocycles. The smallest absolute Gasteiger partial charge is 0.0877 e. The standard InChI is InChI=1S/C12H19NO2/c13-10-11(4-2-1-3-5-11)12(14)6-8-15-9-7-12/h14H,1-9H2. The Morgan fingerprint density at radius 1 is 1.00 bits per heavy atom. The van der Waals surface area contributed by atoms with Crippen molar-refractivity contribution in [2.75, 3.05) is 13.2 Å². The minimum Gasteiger partial charge on any atom is -0.388 e. The number of hydrogen-bond donors (Lipinski definition) is 1. The van der Waals surface area contributed by atoms with Gasteiger partial charge in [0.2, 0.25) is 0 Å². The average Bonchev–Trinajstić information content (AvgIpc) is 2.31. The van der Waals surface area contributed by atoms with Gasteiger partial charge in [-0.25, -0.2) is 0 Å². The van der Waals surface area contributed by atoms with E-state index >= 15 is 0 Å². The quantitative estimate of drug-likeness (QED) is 0.718. The molecule has 0 spiro atoms. The molecule has 2 rings (SSSR count). The van der Waals surface area contributed by atoms with Crippen molar-refractivity contribution in [1.29, 1.82) is 5.26 Å². The van der Waals surface area contributed by atoms with Crippen LogP contribution in [0.3, 0.4) is 0 Å². The number of aliphatic hydroxyl groups is 1. The zero-order valence-corrected chi connectivity index (χ0v) is 9.17. The van der Waals surface area contributed by atoms with Crippen LogP contribution in [-0.2, 0) is 4.74 Å². The summed E-state index contributed by atoms with van der Waals surface area (Å²) >= 11 is 0. The molecule has 1 saturated carbocycles. The van der Waals surface area contributed by atoms with Crippen LogP contribution in [0.1, 0.15) is 44.9 Å². The first-order valence-electron chi connectivity index (χ1n) is 5.94. The van der Waals surface area contributed by atoms with Crippen LogP contribution in [0.4, 0.5) is 0 Å². The Morgan fingerprint density at radius 2 is 1.60 bits per heavy atom. The minimum absolute atomic E-state index is 0.491. The monoisotopic (exact) mass is 209 g/mol. The summed E-state index contributed by atoms with van der Waals surface area (Å²) in [5.41, 5.74) is -1.28. The SMILES string of the molecule is N#CC1(C2(O)CCOCC2)CCCCC1. The van der Waals surface area contributed by atoms with Gasteiger partial charge in [-0.05, 0) is 12.8 Å². The minimum atomic E-state index is -0.791. The third-order valence-corrected chi connectivity index (χ3v) is 4.13. The van der Waals surface area contributed by atoms with E-state index in [0.717, 1.165) is 25.7 Å². The Bertz CT molecular complexity index is 257. The molecule has 0 aromatic carbocycles. The van der Waals surface area contributed by atoms with Gasteiger partial charge >= 0.3 is 0 Å². The van der Waals surface area contributed by atoms with Crippen LogP contribution in [0.15, 0.2) is 0 Å². The Labute approximate surface area is 91.0 Å². The zero-order chi connectivity index (χ0) is 10.8. The summed E-state index contributed by atoms with van der Waals surface area (Å²) in [7, 11) is 0. The maximum absolute atomic E-state index is 10.6. The van der Waals surface area contributed by atoms with E-state index in [-0.39, 0.29) is 0 Å². The fourth-order valence-corrected chi connectivity index (χ4v) is 3.02. The van der Waals surface area contributed by atoms with Gasteiger partial charge in [0.05, 0.1) is 17.1 Å². The molecule has 0 atom stereocenters. The Kier molecular flexibility index (Phi) is 2.99. The molecule has 0 amide bonds. The van der Waals surface area contributed by atoms with Crippen molar-refractivity contribution in [3.63, 3.8) is 0 Å². The summed E-state index contributed by atoms with van der Waals surface area (Å²) < 4.78 is 5.28. The fraction of sp³-hybridized carbons (Fsp3) is 0.917. The lowest BCUT2D eigenvalue weighted by Gasteiger charge is -2.46. The van der Waals surface area contributed by atoms with Gasteiger partial charge in [-0.1, -0.05) is 19.3 Å². The van der Waals surface area contributed by atoms with E-state index in [1.54, 1.807) is 0 Å². The van der Waals surface area contributed by atoms with Gasteiger partial charge < -0.3 is 9.84 Å². The lowest BCUT2D eigenvalue weighted by Crippen LogP contribution is -2.52. The number of ether oxygens (including phenoxy) is 1. The number of rotatable bonds is 1. The molecule has 0 aromatic heterocycles. The predicted octanol–water partition coefficient (Wildman–Crippen LogP) is 2.00. The summed E-state index contributed by atoms with van der Waals surface area (Å²) in [6.07, 6.45) is 6.34. The first kappa shape index (κ1) is 10.9. The molecule has 84 valence electrons. The van der Waals surface area contributed by atoms with E-state index in [2.05, 4.69) is 6.07 Å². The summed E-state index contributed by atoms with van der Waals surface area (Å²) in [6, 6.07) is 2.42. The molecule has 1 aliphatic heterocycles. The second-order valence-electron chi connectivity index (χ2n) is 4.90. The second kappa shape index (κ2) is 4.11. The highest BCUT2D eigenvalue weighted by molar-refractivity contribution is 5.13. The van der Waals surface area contributed by atoms with Crippen LogP contribution in [-0.4, -0.2) is 23.9 Å². The number of nitriles is 1. The van der Waals surface area contributed by atoms with Gasteiger partial charge in [0.25, 0.3) is 0 Å². The largest absolute Gasteiger partial charge is 0.388 e. The summed E-state index contributed by atoms with van der Waals surface area (Å²) in [6.45, 7) is 1.19. The molecule has 2 aliphatic rings. The van der Waals surface area contributed by atoms with Gasteiger partial charge in [-0.15, -0.1) is 0 Å². The van der Waals surface area contributed by atoms with Crippen molar-refractivity contribution >= 4 is 0 Å². The number of nitrogens with zero attached hydrogens (tertiary/aromatic N) is 1. The first-order valence-corrected chi connectivity index (χ1v) is 5.94. The van der Waals surface area contributed by atoms with Crippen molar-refractivity contribution in [3.8, 4) is 6.07 Å². The van der Waals surface area contributed by atoms with E-state index in [9.17, 15) is 10.4 Å². The third kappa shape index (κ3) is 1.77. The predicted molar refractivity (Wildman–Crippen MR) is 56.1 cm³/mol. The van der Waals surface area contributed by atoms with Crippen LogP contribution in [0.25, 0.3) is 0 Å². The van der Waals surface area contributed by atoms with Gasteiger partial charge in [-0.2, -0.15) is 5.26 Å². The van der Waals surface area contributed by atoms with Gasteiger partial charge in [0, 0.05) is 26.1 Å². The van der Waals surface area contributed by atoms with E-state index in [1.807, 2.05) is 0 Å². The van der Waals surface area contributed by atoms with Gasteiger partial charge in [0.1, 0.15) is 0 Å². The van der Waals surface area contributed by atoms with Crippen LogP contribution < -0.4 is 0 Å². The zero-order valence-electron chi connectivity index (χ0n) is 9.17. The average molecular weight is 209 g/mol. The van der Waals surface area contributed by atoms with Crippen molar-refractivity contribution in [2.45, 2.75) is 50.5 Å². The van der Waals surface area contributed by atoms with Gasteiger partial charge in [0.15, 0.2) is 0 Å². The highest BCUT2D eigenvalue weighted by Crippen LogP contribution is 2.48. The molecule has 1 N–H and O–H groups in total. The highest BCUT2D eigenvalue weighted by Gasteiger charge is 2.51. The van der Waals surface area contributed by atoms with Crippen molar-refractivity contribution in [2.24, 2.45) is 5.41 Å². The molecule has 1 aliphatic carbocycles. The van der Waals surface area contributed by atoms with Crippen LogP contribution >= 0.6 is 0 Å². The third-order valence-electron chi connectivity index (χ3n) is 4.13. The molecule has 1 saturated heterocycles. The van der Waals surface area contributed by atoms with Gasteiger partial charge in [-0.3, -0.25) is 0 Å². The maximum Gasteiger partial charge on any atom is 0.0877 e. The topological polar surface area (TPSA) is 53.2 Å². The molecule has 0 bridgehead atoms. The normalized spacial score (nSPS) is 29.3. The van der Waals surface area contributed by atoms with Crippen LogP contribution in [0, 0.1) is 16.7 Å². The highest BCUT2D eigenvalue weighted by atomic mass is 16.5. The lowest BCUT2D eigenvalue weighted by atomic mass is 9.61. The molecule has 15 heavy (non-hydrogen) atoms. The molecule has 0 unspecified atom stereocenters. The van der Waals surface area contributed by atoms with Crippen molar-refractivity contribution in [3.05, 3.63) is 0 Å². The van der Waals surface area contributed by atoms with Crippen molar-refractivity contribution < 1.29 is 9.84 Å². The Balaban J connectivity index is 2.19. The maximum atomic E-state index is 10.6. The Hall–Kier alpha value is -0.590. The summed E-state index contributed by atoms with van der Waals surface area (Å²) in [5, 5.41) is 20.1. The summed E-state index contributed by atoms with van der Waals surface area (Å²) in [5.74, 6) is 0. The second-order valence-corrected chi connectivity index (χ2v) is 4.90. The molecular formula is C12H19NO2. The van der Waals surface area contributed by atoms with Crippen LogP contribution in [0.2, 0.25) is 0 Å². The van der Waals surface area contributed by atoms with Crippen LogP contribution in [0.5, 0.6) is 0 Å². The van der Waals surface area contributed by atoms with E-state index < -0.39 is 11.0 Å². The molecule has 0 aromatic rings. The van der Waals surface area contributed by atoms with E-state index in [4.69, 9.17) is 4.74 Å².